The van der Waals surface area contributed by atoms with Crippen molar-refractivity contribution in [1.29, 1.82) is 0 Å². The molecule has 0 bridgehead atoms. The molecule has 1 saturated heterocycles. The van der Waals surface area contributed by atoms with Crippen molar-refractivity contribution in [3.63, 3.8) is 0 Å². The molecule has 1 aromatic rings. The lowest BCUT2D eigenvalue weighted by atomic mass is 9.64. The lowest BCUT2D eigenvalue weighted by Gasteiger charge is -2.41. The van der Waals surface area contributed by atoms with E-state index in [0.29, 0.717) is 13.1 Å². The molecule has 0 radical (unpaired) electrons. The summed E-state index contributed by atoms with van der Waals surface area (Å²) in [6.07, 6.45) is 3.66. The third-order valence-electron chi connectivity index (χ3n) is 5.74. The summed E-state index contributed by atoms with van der Waals surface area (Å²) in [6, 6.07) is 10.7. The van der Waals surface area contributed by atoms with Crippen LogP contribution < -0.4 is 10.6 Å². The van der Waals surface area contributed by atoms with E-state index in [2.05, 4.69) is 52.8 Å². The molecule has 0 atom stereocenters. The molecule has 1 aliphatic heterocycles. The van der Waals surface area contributed by atoms with E-state index in [4.69, 9.17) is 4.99 Å². The van der Waals surface area contributed by atoms with Crippen LogP contribution in [0.4, 0.5) is 0 Å². The third kappa shape index (κ3) is 5.45. The van der Waals surface area contributed by atoms with E-state index < -0.39 is 9.84 Å². The van der Waals surface area contributed by atoms with Crippen LogP contribution in [0.1, 0.15) is 31.7 Å². The summed E-state index contributed by atoms with van der Waals surface area (Å²) in [7, 11) is -2.81. The van der Waals surface area contributed by atoms with Crippen LogP contribution in [-0.2, 0) is 15.3 Å². The molecule has 0 spiro atoms. The maximum Gasteiger partial charge on any atom is 0.191 e. The van der Waals surface area contributed by atoms with Gasteiger partial charge in [-0.1, -0.05) is 36.8 Å². The van der Waals surface area contributed by atoms with Gasteiger partial charge < -0.3 is 10.6 Å². The molecule has 3 rings (SSSR count). The minimum absolute atomic E-state index is 0.185. The maximum absolute atomic E-state index is 11.5. The van der Waals surface area contributed by atoms with Gasteiger partial charge in [0.05, 0.1) is 18.1 Å². The molecular formula is C20H32N4O2S. The SMILES string of the molecule is CCNC(=NCC1(c2ccccc2)CCC1)NCCN1CCS(=O)(=O)CC1. The lowest BCUT2D eigenvalue weighted by Crippen LogP contribution is -2.46. The first-order valence-electron chi connectivity index (χ1n) is 10.0. The van der Waals surface area contributed by atoms with E-state index in [1.807, 2.05) is 0 Å². The second-order valence-electron chi connectivity index (χ2n) is 7.62. The molecule has 1 saturated carbocycles. The molecule has 1 aromatic carbocycles. The molecule has 2 aliphatic rings. The van der Waals surface area contributed by atoms with Gasteiger partial charge in [0.1, 0.15) is 0 Å². The van der Waals surface area contributed by atoms with E-state index in [-0.39, 0.29) is 16.9 Å². The average molecular weight is 393 g/mol. The topological polar surface area (TPSA) is 73.8 Å². The van der Waals surface area contributed by atoms with Crippen LogP contribution in [0.15, 0.2) is 35.3 Å². The standard InChI is InChI=1S/C20H32N4O2S/c1-2-21-19(22-11-12-24-13-15-27(25,26)16-14-24)23-17-20(9-6-10-20)18-7-4-3-5-8-18/h3-5,7-8H,2,6,9-17H2,1H3,(H2,21,22,23). The molecule has 0 aromatic heterocycles. The van der Waals surface area contributed by atoms with Crippen LogP contribution >= 0.6 is 0 Å². The normalized spacial score (nSPS) is 22.0. The largest absolute Gasteiger partial charge is 0.357 e. The van der Waals surface area contributed by atoms with Crippen LogP contribution in [0.25, 0.3) is 0 Å². The van der Waals surface area contributed by atoms with Crippen molar-refractivity contribution in [3.8, 4) is 0 Å². The van der Waals surface area contributed by atoms with E-state index in [1.165, 1.54) is 24.8 Å². The summed E-state index contributed by atoms with van der Waals surface area (Å²) in [5.41, 5.74) is 1.58. The van der Waals surface area contributed by atoms with Gasteiger partial charge in [0, 0.05) is 38.1 Å². The Morgan fingerprint density at radius 2 is 1.85 bits per heavy atom. The van der Waals surface area contributed by atoms with Crippen molar-refractivity contribution in [2.45, 2.75) is 31.6 Å². The molecule has 2 fully saturated rings. The quantitative estimate of drug-likeness (QED) is 0.542. The number of hydrogen-bond acceptors (Lipinski definition) is 4. The summed E-state index contributed by atoms with van der Waals surface area (Å²) >= 11 is 0. The van der Waals surface area contributed by atoms with E-state index in [0.717, 1.165) is 32.1 Å². The zero-order valence-corrected chi connectivity index (χ0v) is 17.1. The summed E-state index contributed by atoms with van der Waals surface area (Å²) in [6.45, 7) is 6.57. The Kier molecular flexibility index (Phi) is 6.76. The number of aliphatic imine (C=N–C) groups is 1. The number of nitrogens with one attached hydrogen (secondary N) is 2. The van der Waals surface area contributed by atoms with Crippen molar-refractivity contribution in [2.24, 2.45) is 4.99 Å². The number of sulfone groups is 1. The third-order valence-corrected chi connectivity index (χ3v) is 7.35. The van der Waals surface area contributed by atoms with Gasteiger partial charge in [-0.15, -0.1) is 0 Å². The summed E-state index contributed by atoms with van der Waals surface area (Å²) < 4.78 is 23.0. The van der Waals surface area contributed by atoms with Crippen molar-refractivity contribution < 1.29 is 8.42 Å². The Bertz CT molecular complexity index is 716. The predicted octanol–water partition coefficient (Wildman–Crippen LogP) is 1.39. The van der Waals surface area contributed by atoms with Crippen molar-refractivity contribution in [3.05, 3.63) is 35.9 Å². The molecule has 1 heterocycles. The monoisotopic (exact) mass is 392 g/mol. The van der Waals surface area contributed by atoms with E-state index >= 15 is 0 Å². The van der Waals surface area contributed by atoms with Gasteiger partial charge in [-0.05, 0) is 25.3 Å². The second kappa shape index (κ2) is 9.06. The Morgan fingerprint density at radius 1 is 1.15 bits per heavy atom. The number of benzene rings is 1. The highest BCUT2D eigenvalue weighted by Gasteiger charge is 2.38. The average Bonchev–Trinajstić information content (AvgIpc) is 2.63. The van der Waals surface area contributed by atoms with Crippen LogP contribution in [-0.4, -0.2) is 70.1 Å². The molecule has 27 heavy (non-hydrogen) atoms. The zero-order valence-electron chi connectivity index (χ0n) is 16.3. The first-order valence-corrected chi connectivity index (χ1v) is 11.9. The fourth-order valence-electron chi connectivity index (χ4n) is 3.81. The van der Waals surface area contributed by atoms with Crippen LogP contribution in [0.5, 0.6) is 0 Å². The number of hydrogen-bond donors (Lipinski definition) is 2. The van der Waals surface area contributed by atoms with Gasteiger partial charge >= 0.3 is 0 Å². The molecule has 0 unspecified atom stereocenters. The molecule has 150 valence electrons. The molecule has 2 N–H and O–H groups in total. The fourth-order valence-corrected chi connectivity index (χ4v) is 5.09. The van der Waals surface area contributed by atoms with Crippen molar-refractivity contribution >= 4 is 15.8 Å². The molecule has 6 nitrogen and oxygen atoms in total. The summed E-state index contributed by atoms with van der Waals surface area (Å²) in [5.74, 6) is 1.41. The predicted molar refractivity (Wildman–Crippen MR) is 111 cm³/mol. The van der Waals surface area contributed by atoms with E-state index in [1.54, 1.807) is 0 Å². The highest BCUT2D eigenvalue weighted by Crippen LogP contribution is 2.43. The second-order valence-corrected chi connectivity index (χ2v) is 9.92. The minimum Gasteiger partial charge on any atom is -0.357 e. The van der Waals surface area contributed by atoms with Crippen LogP contribution in [0.2, 0.25) is 0 Å². The smallest absolute Gasteiger partial charge is 0.191 e. The van der Waals surface area contributed by atoms with Gasteiger partial charge in [0.15, 0.2) is 15.8 Å². The number of rotatable bonds is 7. The minimum atomic E-state index is -2.81. The first-order chi connectivity index (χ1) is 13.0. The van der Waals surface area contributed by atoms with Crippen molar-refractivity contribution in [1.82, 2.24) is 15.5 Å². The highest BCUT2D eigenvalue weighted by molar-refractivity contribution is 7.91. The summed E-state index contributed by atoms with van der Waals surface area (Å²) in [5, 5.41) is 6.74. The fraction of sp³-hybridized carbons (Fsp3) is 0.650. The highest BCUT2D eigenvalue weighted by atomic mass is 32.2. The van der Waals surface area contributed by atoms with Crippen molar-refractivity contribution in [2.75, 3.05) is 50.8 Å². The van der Waals surface area contributed by atoms with Crippen LogP contribution in [0, 0.1) is 0 Å². The Hall–Kier alpha value is -1.60. The molecule has 1 aliphatic carbocycles. The molecule has 7 heteroatoms. The Labute approximate surface area is 163 Å². The number of guanidine groups is 1. The molecule has 0 amide bonds. The van der Waals surface area contributed by atoms with E-state index in [9.17, 15) is 8.42 Å². The van der Waals surface area contributed by atoms with Gasteiger partial charge in [0.2, 0.25) is 0 Å². The molecular weight excluding hydrogens is 360 g/mol. The van der Waals surface area contributed by atoms with Gasteiger partial charge in [-0.25, -0.2) is 8.42 Å². The summed E-state index contributed by atoms with van der Waals surface area (Å²) in [4.78, 5) is 7.07. The number of nitrogens with zero attached hydrogens (tertiary/aromatic N) is 2. The Morgan fingerprint density at radius 3 is 2.44 bits per heavy atom. The van der Waals surface area contributed by atoms with Gasteiger partial charge in [-0.3, -0.25) is 9.89 Å². The zero-order chi connectivity index (χ0) is 19.2. The lowest BCUT2D eigenvalue weighted by molar-refractivity contribution is 0.253. The maximum atomic E-state index is 11.5. The van der Waals surface area contributed by atoms with Crippen LogP contribution in [0.3, 0.4) is 0 Å². The Balaban J connectivity index is 1.52. The van der Waals surface area contributed by atoms with Gasteiger partial charge in [-0.2, -0.15) is 0 Å². The van der Waals surface area contributed by atoms with Gasteiger partial charge in [0.25, 0.3) is 0 Å². The first kappa shape index (κ1) is 20.1.